The van der Waals surface area contributed by atoms with Crippen molar-refractivity contribution in [1.29, 1.82) is 0 Å². The maximum absolute atomic E-state index is 6.67. The first-order valence-electron chi connectivity index (χ1n) is 13.5. The van der Waals surface area contributed by atoms with Crippen LogP contribution < -0.4 is 0 Å². The van der Waals surface area contributed by atoms with Gasteiger partial charge in [-0.1, -0.05) is 54.1 Å². The standard InChI is InChI=1S/C34H27ClO/c35-25-7-9-27-26-8-5-22(21-6-10-33-29(16-21)28-3-1-2-4-32(28)36-33)17-30(26)34(31(27)18-25)23-12-19-11-20(14-23)15-24(34)13-19/h1-10,16-20,23-24H,11-15H2. The highest BCUT2D eigenvalue weighted by Crippen LogP contribution is 2.69. The van der Waals surface area contributed by atoms with Crippen molar-refractivity contribution in [2.45, 2.75) is 37.5 Å². The third-order valence-electron chi connectivity index (χ3n) is 10.3. The van der Waals surface area contributed by atoms with Crippen LogP contribution in [0.15, 0.2) is 83.3 Å². The number of rotatable bonds is 1. The number of fused-ring (bicyclic) bond motifs is 6. The third-order valence-corrected chi connectivity index (χ3v) is 10.6. The monoisotopic (exact) mass is 486 g/mol. The van der Waals surface area contributed by atoms with E-state index in [2.05, 4.69) is 72.8 Å². The molecule has 5 aliphatic carbocycles. The van der Waals surface area contributed by atoms with Gasteiger partial charge in [0, 0.05) is 21.2 Å². The Bertz CT molecular complexity index is 1690. The second-order valence-corrected chi connectivity index (χ2v) is 12.4. The molecule has 5 aliphatic rings. The van der Waals surface area contributed by atoms with E-state index in [0.717, 1.165) is 39.9 Å². The molecule has 10 rings (SSSR count). The van der Waals surface area contributed by atoms with Crippen molar-refractivity contribution in [3.05, 3.63) is 95.0 Å². The molecule has 1 nitrogen and oxygen atoms in total. The molecule has 4 aromatic carbocycles. The largest absolute Gasteiger partial charge is 0.456 e. The molecule has 0 N–H and O–H groups in total. The Morgan fingerprint density at radius 2 is 1.25 bits per heavy atom. The van der Waals surface area contributed by atoms with Gasteiger partial charge in [0.2, 0.25) is 0 Å². The Morgan fingerprint density at radius 3 is 2.06 bits per heavy atom. The summed E-state index contributed by atoms with van der Waals surface area (Å²) in [6.45, 7) is 0. The average molecular weight is 487 g/mol. The molecule has 0 radical (unpaired) electrons. The van der Waals surface area contributed by atoms with Gasteiger partial charge in [-0.25, -0.2) is 0 Å². The van der Waals surface area contributed by atoms with E-state index in [1.54, 1.807) is 5.56 Å². The summed E-state index contributed by atoms with van der Waals surface area (Å²) in [6.07, 6.45) is 7.01. The first kappa shape index (κ1) is 20.1. The van der Waals surface area contributed by atoms with Crippen molar-refractivity contribution in [2.24, 2.45) is 23.7 Å². The highest BCUT2D eigenvalue weighted by molar-refractivity contribution is 6.30. The normalized spacial score (nSPS) is 29.4. The second kappa shape index (κ2) is 6.84. The fraction of sp³-hybridized carbons (Fsp3) is 0.294. The van der Waals surface area contributed by atoms with Gasteiger partial charge in [-0.05, 0) is 126 Å². The topological polar surface area (TPSA) is 13.1 Å². The van der Waals surface area contributed by atoms with Crippen molar-refractivity contribution in [1.82, 2.24) is 0 Å². The molecule has 4 fully saturated rings. The molecule has 1 spiro atoms. The lowest BCUT2D eigenvalue weighted by molar-refractivity contribution is -0.0399. The summed E-state index contributed by atoms with van der Waals surface area (Å²) < 4.78 is 6.11. The van der Waals surface area contributed by atoms with Crippen molar-refractivity contribution in [2.75, 3.05) is 0 Å². The zero-order chi connectivity index (χ0) is 23.6. The van der Waals surface area contributed by atoms with E-state index in [4.69, 9.17) is 16.0 Å². The Kier molecular flexibility index (Phi) is 3.81. The van der Waals surface area contributed by atoms with E-state index >= 15 is 0 Å². The summed E-state index contributed by atoms with van der Waals surface area (Å²) in [4.78, 5) is 0. The zero-order valence-electron chi connectivity index (χ0n) is 20.1. The minimum absolute atomic E-state index is 0.130. The lowest BCUT2D eigenvalue weighted by Gasteiger charge is -2.61. The predicted octanol–water partition coefficient (Wildman–Crippen LogP) is 9.63. The van der Waals surface area contributed by atoms with Crippen LogP contribution in [0.25, 0.3) is 44.2 Å². The molecule has 0 aliphatic heterocycles. The first-order chi connectivity index (χ1) is 17.7. The minimum Gasteiger partial charge on any atom is -0.456 e. The molecule has 1 aromatic heterocycles. The van der Waals surface area contributed by atoms with Crippen LogP contribution >= 0.6 is 11.6 Å². The van der Waals surface area contributed by atoms with Gasteiger partial charge in [0.25, 0.3) is 0 Å². The maximum atomic E-state index is 6.67. The highest BCUT2D eigenvalue weighted by Gasteiger charge is 2.61. The Labute approximate surface area is 216 Å². The summed E-state index contributed by atoms with van der Waals surface area (Å²) >= 11 is 6.67. The Balaban J connectivity index is 1.28. The molecule has 0 amide bonds. The number of halogens is 1. The molecule has 176 valence electrons. The van der Waals surface area contributed by atoms with Crippen LogP contribution in [-0.2, 0) is 5.41 Å². The van der Waals surface area contributed by atoms with Crippen molar-refractivity contribution in [3.63, 3.8) is 0 Å². The van der Waals surface area contributed by atoms with Crippen molar-refractivity contribution >= 4 is 33.5 Å². The molecule has 4 saturated carbocycles. The molecule has 0 atom stereocenters. The smallest absolute Gasteiger partial charge is 0.135 e. The second-order valence-electron chi connectivity index (χ2n) is 11.9. The predicted molar refractivity (Wildman–Crippen MR) is 147 cm³/mol. The SMILES string of the molecule is Clc1ccc2c(c1)C1(c3cc(-c4ccc5oc6ccccc6c5c4)ccc3-2)C2CC3CC(C2)CC1C3. The summed E-state index contributed by atoms with van der Waals surface area (Å²) in [5, 5.41) is 3.27. The lowest BCUT2D eigenvalue weighted by atomic mass is 9.43. The van der Waals surface area contributed by atoms with Gasteiger partial charge in [-0.15, -0.1) is 0 Å². The summed E-state index contributed by atoms with van der Waals surface area (Å²) in [5.41, 5.74) is 10.6. The summed E-state index contributed by atoms with van der Waals surface area (Å²) in [5.74, 6) is 3.35. The lowest BCUT2D eigenvalue weighted by Crippen LogP contribution is -2.55. The van der Waals surface area contributed by atoms with E-state index in [1.165, 1.54) is 70.7 Å². The first-order valence-corrected chi connectivity index (χ1v) is 13.9. The molecule has 0 unspecified atom stereocenters. The fourth-order valence-corrected chi connectivity index (χ4v) is 9.42. The van der Waals surface area contributed by atoms with E-state index in [0.29, 0.717) is 0 Å². The number of hydrogen-bond acceptors (Lipinski definition) is 1. The summed E-state index contributed by atoms with van der Waals surface area (Å²) in [7, 11) is 0. The summed E-state index contributed by atoms with van der Waals surface area (Å²) in [6, 6.07) is 29.0. The van der Waals surface area contributed by atoms with Crippen LogP contribution in [0, 0.1) is 23.7 Å². The number of benzene rings is 4. The molecule has 36 heavy (non-hydrogen) atoms. The maximum Gasteiger partial charge on any atom is 0.135 e. The highest BCUT2D eigenvalue weighted by atomic mass is 35.5. The molecular formula is C34H27ClO. The van der Waals surface area contributed by atoms with E-state index in [9.17, 15) is 0 Å². The van der Waals surface area contributed by atoms with Crippen LogP contribution in [0.4, 0.5) is 0 Å². The van der Waals surface area contributed by atoms with Gasteiger partial charge in [0.05, 0.1) is 0 Å². The van der Waals surface area contributed by atoms with Crippen molar-refractivity contribution < 1.29 is 4.42 Å². The molecule has 1 heterocycles. The van der Waals surface area contributed by atoms with Crippen LogP contribution in [0.3, 0.4) is 0 Å². The van der Waals surface area contributed by atoms with Crippen LogP contribution in [-0.4, -0.2) is 0 Å². The Hall–Kier alpha value is -3.03. The van der Waals surface area contributed by atoms with Crippen LogP contribution in [0.2, 0.25) is 5.02 Å². The van der Waals surface area contributed by atoms with Crippen molar-refractivity contribution in [3.8, 4) is 22.3 Å². The molecule has 0 saturated heterocycles. The van der Waals surface area contributed by atoms with Gasteiger partial charge in [-0.2, -0.15) is 0 Å². The number of para-hydroxylation sites is 1. The fourth-order valence-electron chi connectivity index (χ4n) is 9.25. The quantitative estimate of drug-likeness (QED) is 0.230. The molecule has 2 heteroatoms. The molecule has 4 bridgehead atoms. The van der Waals surface area contributed by atoms with E-state index in [1.807, 2.05) is 6.07 Å². The van der Waals surface area contributed by atoms with Gasteiger partial charge in [0.15, 0.2) is 0 Å². The van der Waals surface area contributed by atoms with Gasteiger partial charge in [0.1, 0.15) is 11.2 Å². The van der Waals surface area contributed by atoms with Gasteiger partial charge in [-0.3, -0.25) is 0 Å². The Morgan fingerprint density at radius 1 is 0.611 bits per heavy atom. The number of hydrogen-bond donors (Lipinski definition) is 0. The van der Waals surface area contributed by atoms with Gasteiger partial charge >= 0.3 is 0 Å². The average Bonchev–Trinajstić information content (AvgIpc) is 3.39. The van der Waals surface area contributed by atoms with Gasteiger partial charge < -0.3 is 4.42 Å². The van der Waals surface area contributed by atoms with Crippen LogP contribution in [0.5, 0.6) is 0 Å². The zero-order valence-corrected chi connectivity index (χ0v) is 20.9. The molecular weight excluding hydrogens is 460 g/mol. The van der Waals surface area contributed by atoms with Crippen LogP contribution in [0.1, 0.15) is 43.2 Å². The van der Waals surface area contributed by atoms with E-state index in [-0.39, 0.29) is 5.41 Å². The minimum atomic E-state index is 0.130. The van der Waals surface area contributed by atoms with E-state index < -0.39 is 0 Å². The third kappa shape index (κ3) is 2.43. The molecule has 5 aromatic rings. The number of furan rings is 1.